The quantitative estimate of drug-likeness (QED) is 0.328. The fourth-order valence-electron chi connectivity index (χ4n) is 3.87. The molecular weight excluding hydrogens is 416 g/mol. The van der Waals surface area contributed by atoms with Gasteiger partial charge in [0.25, 0.3) is 11.7 Å². The van der Waals surface area contributed by atoms with E-state index in [2.05, 4.69) is 18.8 Å². The van der Waals surface area contributed by atoms with E-state index in [4.69, 9.17) is 4.74 Å². The molecule has 3 aromatic rings. The molecule has 4 rings (SSSR count). The van der Waals surface area contributed by atoms with Crippen LogP contribution in [0.1, 0.15) is 36.6 Å². The van der Waals surface area contributed by atoms with E-state index in [1.807, 2.05) is 49.4 Å². The van der Waals surface area contributed by atoms with Gasteiger partial charge in [-0.2, -0.15) is 0 Å². The number of carbonyl (C=O) groups excluding carboxylic acids is 2. The largest absolute Gasteiger partial charge is 0.507 e. The van der Waals surface area contributed by atoms with E-state index < -0.39 is 17.7 Å². The van der Waals surface area contributed by atoms with Crippen LogP contribution in [0.15, 0.2) is 78.6 Å². The van der Waals surface area contributed by atoms with E-state index in [9.17, 15) is 14.7 Å². The molecule has 1 N–H and O–H groups in total. The van der Waals surface area contributed by atoms with Crippen LogP contribution in [0, 0.1) is 12.8 Å². The third-order valence-electron chi connectivity index (χ3n) is 5.46. The summed E-state index contributed by atoms with van der Waals surface area (Å²) in [7, 11) is 0. The molecule has 2 aromatic carbocycles. The highest BCUT2D eigenvalue weighted by Gasteiger charge is 2.47. The highest BCUT2D eigenvalue weighted by Crippen LogP contribution is 2.42. The number of aliphatic hydroxyl groups is 1. The minimum atomic E-state index is -0.779. The number of aliphatic hydroxyl groups excluding tert-OH is 1. The molecule has 1 saturated heterocycles. The van der Waals surface area contributed by atoms with Gasteiger partial charge in [-0.15, -0.1) is 0 Å². The molecular formula is C27H26N2O4. The lowest BCUT2D eigenvalue weighted by Gasteiger charge is -2.26. The predicted octanol–water partition coefficient (Wildman–Crippen LogP) is 5.05. The molecule has 6 heteroatoms. The Morgan fingerprint density at radius 3 is 2.39 bits per heavy atom. The fourth-order valence-corrected chi connectivity index (χ4v) is 3.87. The summed E-state index contributed by atoms with van der Waals surface area (Å²) in [5.41, 5.74) is 2.72. The molecule has 0 saturated carbocycles. The number of benzene rings is 2. The van der Waals surface area contributed by atoms with Crippen LogP contribution in [0.25, 0.3) is 5.76 Å². The van der Waals surface area contributed by atoms with E-state index in [1.165, 1.54) is 17.3 Å². The first-order valence-electron chi connectivity index (χ1n) is 10.9. The Hall–Kier alpha value is -3.93. The summed E-state index contributed by atoms with van der Waals surface area (Å²) < 4.78 is 5.78. The van der Waals surface area contributed by atoms with Crippen LogP contribution in [-0.4, -0.2) is 28.4 Å². The zero-order chi connectivity index (χ0) is 23.5. The van der Waals surface area contributed by atoms with Crippen molar-refractivity contribution in [1.82, 2.24) is 4.98 Å². The Labute approximate surface area is 193 Å². The molecule has 33 heavy (non-hydrogen) atoms. The fraction of sp³-hybridized carbons (Fsp3) is 0.222. The summed E-state index contributed by atoms with van der Waals surface area (Å²) in [6, 6.07) is 17.1. The van der Waals surface area contributed by atoms with E-state index >= 15 is 0 Å². The Kier molecular flexibility index (Phi) is 6.27. The van der Waals surface area contributed by atoms with E-state index in [0.717, 1.165) is 5.56 Å². The highest BCUT2D eigenvalue weighted by atomic mass is 16.5. The molecule has 168 valence electrons. The number of pyridine rings is 1. The standard InChI is InChI=1S/C27H26N2O4/c1-17(2)16-33-22-9-7-19(8-10-22)24-23(25(30)20-11-13-28-14-12-20)26(31)27(32)29(24)21-6-4-5-18(3)15-21/h4-15,17,24,30H,16H2,1-3H3/b25-23+. The zero-order valence-corrected chi connectivity index (χ0v) is 18.9. The second-order valence-corrected chi connectivity index (χ2v) is 8.52. The Bertz CT molecular complexity index is 1200. The number of rotatable bonds is 6. The molecule has 0 bridgehead atoms. The predicted molar refractivity (Wildman–Crippen MR) is 127 cm³/mol. The lowest BCUT2D eigenvalue weighted by Crippen LogP contribution is -2.29. The number of ether oxygens (including phenoxy) is 1. The van der Waals surface area contributed by atoms with Crippen LogP contribution in [0.4, 0.5) is 5.69 Å². The van der Waals surface area contributed by atoms with Crippen molar-refractivity contribution >= 4 is 23.1 Å². The third kappa shape index (κ3) is 4.51. The van der Waals surface area contributed by atoms with Crippen molar-refractivity contribution in [2.24, 2.45) is 5.92 Å². The van der Waals surface area contributed by atoms with Crippen LogP contribution >= 0.6 is 0 Å². The molecule has 2 heterocycles. The van der Waals surface area contributed by atoms with Gasteiger partial charge < -0.3 is 9.84 Å². The molecule has 1 aromatic heterocycles. The van der Waals surface area contributed by atoms with Crippen molar-refractivity contribution in [3.8, 4) is 5.75 Å². The summed E-state index contributed by atoms with van der Waals surface area (Å²) in [6.07, 6.45) is 3.06. The SMILES string of the molecule is Cc1cccc(N2C(=O)C(=O)/C(=C(/O)c3ccncc3)C2c2ccc(OCC(C)C)cc2)c1. The molecule has 1 unspecified atom stereocenters. The first kappa shape index (κ1) is 22.3. The summed E-state index contributed by atoms with van der Waals surface area (Å²) in [4.78, 5) is 31.8. The van der Waals surface area contributed by atoms with Crippen molar-refractivity contribution in [2.75, 3.05) is 11.5 Å². The normalized spacial score (nSPS) is 17.6. The first-order chi connectivity index (χ1) is 15.9. The number of aryl methyl sites for hydroxylation is 1. The number of ketones is 1. The van der Waals surface area contributed by atoms with Crippen LogP contribution in [0.5, 0.6) is 5.75 Å². The molecule has 0 spiro atoms. The zero-order valence-electron chi connectivity index (χ0n) is 18.9. The number of aromatic nitrogens is 1. The summed E-state index contributed by atoms with van der Waals surface area (Å²) in [6.45, 7) is 6.65. The van der Waals surface area contributed by atoms with E-state index in [-0.39, 0.29) is 11.3 Å². The van der Waals surface area contributed by atoms with Crippen molar-refractivity contribution in [2.45, 2.75) is 26.8 Å². The maximum Gasteiger partial charge on any atom is 0.300 e. The lowest BCUT2D eigenvalue weighted by molar-refractivity contribution is -0.132. The molecule has 1 amide bonds. The van der Waals surface area contributed by atoms with Crippen molar-refractivity contribution in [3.05, 3.63) is 95.3 Å². The molecule has 1 aliphatic heterocycles. The van der Waals surface area contributed by atoms with E-state index in [0.29, 0.717) is 35.1 Å². The van der Waals surface area contributed by atoms with E-state index in [1.54, 1.807) is 18.2 Å². The Balaban J connectivity index is 1.84. The monoisotopic (exact) mass is 442 g/mol. The average Bonchev–Trinajstić information content (AvgIpc) is 3.08. The Morgan fingerprint density at radius 1 is 1.06 bits per heavy atom. The van der Waals surface area contributed by atoms with Gasteiger partial charge in [0, 0.05) is 23.6 Å². The number of anilines is 1. The number of carbonyl (C=O) groups is 2. The molecule has 6 nitrogen and oxygen atoms in total. The Morgan fingerprint density at radius 2 is 1.76 bits per heavy atom. The van der Waals surface area contributed by atoms with Crippen LogP contribution in [0.2, 0.25) is 0 Å². The summed E-state index contributed by atoms with van der Waals surface area (Å²) in [5.74, 6) is -0.541. The number of hydrogen-bond donors (Lipinski definition) is 1. The number of amides is 1. The van der Waals surface area contributed by atoms with Crippen LogP contribution in [0.3, 0.4) is 0 Å². The van der Waals surface area contributed by atoms with Gasteiger partial charge in [-0.25, -0.2) is 0 Å². The summed E-state index contributed by atoms with van der Waals surface area (Å²) >= 11 is 0. The molecule has 0 radical (unpaired) electrons. The topological polar surface area (TPSA) is 79.7 Å². The maximum atomic E-state index is 13.2. The number of Topliss-reactive ketones (excluding diaryl/α,β-unsaturated/α-hetero) is 1. The second kappa shape index (κ2) is 9.28. The minimum absolute atomic E-state index is 0.0450. The lowest BCUT2D eigenvalue weighted by atomic mass is 9.95. The first-order valence-corrected chi connectivity index (χ1v) is 10.9. The molecule has 1 aliphatic rings. The van der Waals surface area contributed by atoms with Gasteiger partial charge in [0.15, 0.2) is 0 Å². The second-order valence-electron chi connectivity index (χ2n) is 8.52. The molecule has 1 fully saturated rings. The van der Waals surface area contributed by atoms with Crippen LogP contribution in [-0.2, 0) is 9.59 Å². The van der Waals surface area contributed by atoms with Gasteiger partial charge in [0.2, 0.25) is 0 Å². The van der Waals surface area contributed by atoms with Gasteiger partial charge in [-0.3, -0.25) is 19.5 Å². The minimum Gasteiger partial charge on any atom is -0.507 e. The number of nitrogens with zero attached hydrogens (tertiary/aromatic N) is 2. The highest BCUT2D eigenvalue weighted by molar-refractivity contribution is 6.51. The van der Waals surface area contributed by atoms with Crippen molar-refractivity contribution in [3.63, 3.8) is 0 Å². The smallest absolute Gasteiger partial charge is 0.300 e. The molecule has 1 atom stereocenters. The van der Waals surface area contributed by atoms with Gasteiger partial charge >= 0.3 is 0 Å². The van der Waals surface area contributed by atoms with Gasteiger partial charge in [-0.1, -0.05) is 38.1 Å². The number of hydrogen-bond acceptors (Lipinski definition) is 5. The molecule has 0 aliphatic carbocycles. The van der Waals surface area contributed by atoms with Crippen LogP contribution < -0.4 is 9.64 Å². The average molecular weight is 443 g/mol. The van der Waals surface area contributed by atoms with Gasteiger partial charge in [-0.05, 0) is 60.4 Å². The van der Waals surface area contributed by atoms with Gasteiger partial charge in [0.05, 0.1) is 18.2 Å². The summed E-state index contributed by atoms with van der Waals surface area (Å²) in [5, 5.41) is 11.1. The van der Waals surface area contributed by atoms with Gasteiger partial charge in [0.1, 0.15) is 11.5 Å². The van der Waals surface area contributed by atoms with Crippen molar-refractivity contribution in [1.29, 1.82) is 0 Å². The maximum absolute atomic E-state index is 13.2. The third-order valence-corrected chi connectivity index (χ3v) is 5.46. The van der Waals surface area contributed by atoms with Crippen molar-refractivity contribution < 1.29 is 19.4 Å².